The quantitative estimate of drug-likeness (QED) is 0.635. The van der Waals surface area contributed by atoms with E-state index in [1.54, 1.807) is 6.92 Å². The van der Waals surface area contributed by atoms with Crippen LogP contribution >= 0.6 is 0 Å². The third-order valence-electron chi connectivity index (χ3n) is 6.86. The monoisotopic (exact) mass is 430 g/mol. The van der Waals surface area contributed by atoms with Gasteiger partial charge < -0.3 is 14.2 Å². The fraction of sp³-hybridized carbons (Fsp3) is 0.360. The summed E-state index contributed by atoms with van der Waals surface area (Å²) in [4.78, 5) is 30.0. The number of hydrogen-bond donors (Lipinski definition) is 0. The number of piperidine rings is 1. The molecule has 2 fully saturated rings. The average Bonchev–Trinajstić information content (AvgIpc) is 3.43. The number of carbonyl (C=O) groups is 2. The molecule has 32 heavy (non-hydrogen) atoms. The summed E-state index contributed by atoms with van der Waals surface area (Å²) in [5, 5.41) is 8.35. The van der Waals surface area contributed by atoms with E-state index in [1.807, 2.05) is 70.5 Å². The Bertz CT molecular complexity index is 1100. The topological polar surface area (TPSA) is 79.5 Å². The zero-order valence-electron chi connectivity index (χ0n) is 18.1. The SMILES string of the molecule is Cc1nnc(C2CN(C(=O)c3ccccc3)CC23CCN(C(=O)c2ccccc2)CC3)o1. The lowest BCUT2D eigenvalue weighted by Gasteiger charge is -2.41. The fourth-order valence-electron chi connectivity index (χ4n) is 5.10. The Morgan fingerprint density at radius 1 is 0.875 bits per heavy atom. The molecule has 0 aliphatic carbocycles. The molecule has 3 heterocycles. The summed E-state index contributed by atoms with van der Waals surface area (Å²) < 4.78 is 5.83. The average molecular weight is 431 g/mol. The third-order valence-corrected chi connectivity index (χ3v) is 6.86. The van der Waals surface area contributed by atoms with Gasteiger partial charge in [0.15, 0.2) is 0 Å². The molecular weight excluding hydrogens is 404 g/mol. The maximum atomic E-state index is 13.2. The number of aryl methyl sites for hydroxylation is 1. The van der Waals surface area contributed by atoms with E-state index < -0.39 is 0 Å². The van der Waals surface area contributed by atoms with Crippen LogP contribution in [0.3, 0.4) is 0 Å². The lowest BCUT2D eigenvalue weighted by molar-refractivity contribution is 0.0529. The molecule has 7 nitrogen and oxygen atoms in total. The number of amides is 2. The predicted octanol–water partition coefficient (Wildman–Crippen LogP) is 3.54. The summed E-state index contributed by atoms with van der Waals surface area (Å²) >= 11 is 0. The van der Waals surface area contributed by atoms with Crippen LogP contribution in [-0.4, -0.2) is 58.0 Å². The summed E-state index contributed by atoms with van der Waals surface area (Å²) in [5.74, 6) is 1.16. The van der Waals surface area contributed by atoms with Gasteiger partial charge >= 0.3 is 0 Å². The van der Waals surface area contributed by atoms with Gasteiger partial charge in [0.1, 0.15) is 0 Å². The Morgan fingerprint density at radius 2 is 1.44 bits per heavy atom. The third kappa shape index (κ3) is 3.68. The second kappa shape index (κ2) is 8.22. The molecule has 2 aromatic carbocycles. The lowest BCUT2D eigenvalue weighted by atomic mass is 9.70. The van der Waals surface area contributed by atoms with Crippen molar-refractivity contribution in [3.05, 3.63) is 83.6 Å². The molecule has 7 heteroatoms. The molecule has 164 valence electrons. The second-order valence-corrected chi connectivity index (χ2v) is 8.78. The highest BCUT2D eigenvalue weighted by atomic mass is 16.4. The number of aromatic nitrogens is 2. The molecule has 1 spiro atoms. The zero-order chi connectivity index (χ0) is 22.1. The molecule has 2 aliphatic heterocycles. The Labute approximate surface area is 187 Å². The van der Waals surface area contributed by atoms with Crippen LogP contribution in [0.25, 0.3) is 0 Å². The van der Waals surface area contributed by atoms with Crippen LogP contribution in [0.2, 0.25) is 0 Å². The number of benzene rings is 2. The number of carbonyl (C=O) groups excluding carboxylic acids is 2. The first-order valence-corrected chi connectivity index (χ1v) is 11.0. The van der Waals surface area contributed by atoms with Crippen molar-refractivity contribution in [1.82, 2.24) is 20.0 Å². The van der Waals surface area contributed by atoms with Gasteiger partial charge in [-0.2, -0.15) is 0 Å². The number of nitrogens with zero attached hydrogens (tertiary/aromatic N) is 4. The molecule has 2 saturated heterocycles. The van der Waals surface area contributed by atoms with Gasteiger partial charge in [-0.3, -0.25) is 9.59 Å². The van der Waals surface area contributed by atoms with Crippen molar-refractivity contribution in [2.75, 3.05) is 26.2 Å². The first-order valence-electron chi connectivity index (χ1n) is 11.0. The summed E-state index contributed by atoms with van der Waals surface area (Å²) in [5.41, 5.74) is 1.21. The smallest absolute Gasteiger partial charge is 0.253 e. The molecule has 1 unspecified atom stereocenters. The largest absolute Gasteiger partial charge is 0.425 e. The molecule has 0 bridgehead atoms. The molecule has 1 atom stereocenters. The van der Waals surface area contributed by atoms with Gasteiger partial charge in [-0.1, -0.05) is 36.4 Å². The van der Waals surface area contributed by atoms with E-state index in [0.29, 0.717) is 49.1 Å². The van der Waals surface area contributed by atoms with E-state index in [0.717, 1.165) is 12.8 Å². The minimum absolute atomic E-state index is 0.0199. The van der Waals surface area contributed by atoms with E-state index >= 15 is 0 Å². The molecule has 3 aromatic rings. The van der Waals surface area contributed by atoms with Crippen molar-refractivity contribution >= 4 is 11.8 Å². The van der Waals surface area contributed by atoms with Crippen LogP contribution in [0.15, 0.2) is 65.1 Å². The Hall–Kier alpha value is -3.48. The lowest BCUT2D eigenvalue weighted by Crippen LogP contribution is -2.46. The van der Waals surface area contributed by atoms with Crippen molar-refractivity contribution in [3.8, 4) is 0 Å². The number of likely N-dealkylation sites (tertiary alicyclic amines) is 2. The molecule has 5 rings (SSSR count). The Balaban J connectivity index is 1.38. The minimum Gasteiger partial charge on any atom is -0.425 e. The molecule has 0 N–H and O–H groups in total. The van der Waals surface area contributed by atoms with Crippen molar-refractivity contribution in [2.24, 2.45) is 5.41 Å². The van der Waals surface area contributed by atoms with Crippen molar-refractivity contribution < 1.29 is 14.0 Å². The maximum Gasteiger partial charge on any atom is 0.253 e. The van der Waals surface area contributed by atoms with Crippen LogP contribution in [0, 0.1) is 12.3 Å². The van der Waals surface area contributed by atoms with Gasteiger partial charge in [-0.15, -0.1) is 10.2 Å². The van der Waals surface area contributed by atoms with Crippen LogP contribution < -0.4 is 0 Å². The Kier molecular flexibility index (Phi) is 5.25. The molecule has 0 radical (unpaired) electrons. The number of rotatable bonds is 3. The van der Waals surface area contributed by atoms with Crippen LogP contribution in [0.4, 0.5) is 0 Å². The van der Waals surface area contributed by atoms with Gasteiger partial charge in [-0.05, 0) is 37.1 Å². The maximum absolute atomic E-state index is 13.2. The fourth-order valence-corrected chi connectivity index (χ4v) is 5.10. The predicted molar refractivity (Wildman–Crippen MR) is 118 cm³/mol. The number of hydrogen-bond acceptors (Lipinski definition) is 5. The van der Waals surface area contributed by atoms with Gasteiger partial charge in [0.25, 0.3) is 11.8 Å². The highest BCUT2D eigenvalue weighted by molar-refractivity contribution is 5.95. The van der Waals surface area contributed by atoms with E-state index in [-0.39, 0.29) is 23.1 Å². The zero-order valence-corrected chi connectivity index (χ0v) is 18.1. The van der Waals surface area contributed by atoms with E-state index in [4.69, 9.17) is 4.42 Å². The summed E-state index contributed by atoms with van der Waals surface area (Å²) in [7, 11) is 0. The van der Waals surface area contributed by atoms with Gasteiger partial charge in [0.05, 0.1) is 5.92 Å². The molecule has 0 saturated carbocycles. The van der Waals surface area contributed by atoms with Crippen molar-refractivity contribution in [3.63, 3.8) is 0 Å². The van der Waals surface area contributed by atoms with Gasteiger partial charge in [0, 0.05) is 49.6 Å². The standard InChI is InChI=1S/C25H26N4O3/c1-18-26-27-22(32-18)21-16-29(24(31)20-10-6-3-7-11-20)17-25(21)12-14-28(15-13-25)23(30)19-8-4-2-5-9-19/h2-11,21H,12-17H2,1H3. The highest BCUT2D eigenvalue weighted by Gasteiger charge is 2.52. The van der Waals surface area contributed by atoms with E-state index in [1.165, 1.54) is 0 Å². The second-order valence-electron chi connectivity index (χ2n) is 8.78. The molecular formula is C25H26N4O3. The normalized spacial score (nSPS) is 20.0. The molecule has 2 amide bonds. The van der Waals surface area contributed by atoms with E-state index in [2.05, 4.69) is 10.2 Å². The summed E-state index contributed by atoms with van der Waals surface area (Å²) in [6, 6.07) is 18.8. The van der Waals surface area contributed by atoms with E-state index in [9.17, 15) is 9.59 Å². The van der Waals surface area contributed by atoms with Crippen molar-refractivity contribution in [1.29, 1.82) is 0 Å². The van der Waals surface area contributed by atoms with Gasteiger partial charge in [-0.25, -0.2) is 0 Å². The van der Waals surface area contributed by atoms with Crippen molar-refractivity contribution in [2.45, 2.75) is 25.7 Å². The summed E-state index contributed by atoms with van der Waals surface area (Å²) in [6.45, 7) is 4.24. The minimum atomic E-state index is -0.184. The summed E-state index contributed by atoms with van der Waals surface area (Å²) in [6.07, 6.45) is 1.58. The van der Waals surface area contributed by atoms with Crippen LogP contribution in [0.5, 0.6) is 0 Å². The molecule has 2 aliphatic rings. The van der Waals surface area contributed by atoms with Crippen LogP contribution in [-0.2, 0) is 0 Å². The van der Waals surface area contributed by atoms with Gasteiger partial charge in [0.2, 0.25) is 11.8 Å². The first-order chi connectivity index (χ1) is 15.6. The molecule has 1 aromatic heterocycles. The van der Waals surface area contributed by atoms with Crippen LogP contribution in [0.1, 0.15) is 51.3 Å². The first kappa shape index (κ1) is 20.4. The Morgan fingerprint density at radius 3 is 1.97 bits per heavy atom. The highest BCUT2D eigenvalue weighted by Crippen LogP contribution is 2.49.